The molecule has 7 heteroatoms. The second-order valence-electron chi connectivity index (χ2n) is 7.68. The fraction of sp³-hybridized carbons (Fsp3) is 0.304. The minimum Gasteiger partial charge on any atom is -0.355 e. The predicted molar refractivity (Wildman–Crippen MR) is 117 cm³/mol. The summed E-state index contributed by atoms with van der Waals surface area (Å²) in [7, 11) is 0. The predicted octanol–water partition coefficient (Wildman–Crippen LogP) is 2.96. The lowest BCUT2D eigenvalue weighted by Crippen LogP contribution is -2.25. The Morgan fingerprint density at radius 1 is 1.17 bits per heavy atom. The van der Waals surface area contributed by atoms with E-state index in [1.807, 2.05) is 49.1 Å². The summed E-state index contributed by atoms with van der Waals surface area (Å²) >= 11 is 0. The first-order valence-electron chi connectivity index (χ1n) is 10.1. The Kier molecular flexibility index (Phi) is 5.61. The average Bonchev–Trinajstić information content (AvgIpc) is 3.12. The molecule has 7 nitrogen and oxygen atoms in total. The minimum atomic E-state index is -0.218. The molecular formula is C23H25N5O2. The molecule has 30 heavy (non-hydrogen) atoms. The van der Waals surface area contributed by atoms with Gasteiger partial charge in [-0.2, -0.15) is 0 Å². The smallest absolute Gasteiger partial charge is 0.252 e. The zero-order valence-corrected chi connectivity index (χ0v) is 17.2. The number of hydrogen-bond acceptors (Lipinski definition) is 5. The van der Waals surface area contributed by atoms with E-state index < -0.39 is 0 Å². The second kappa shape index (κ2) is 8.49. The highest BCUT2D eigenvalue weighted by Gasteiger charge is 2.33. The lowest BCUT2D eigenvalue weighted by atomic mass is 10.0. The van der Waals surface area contributed by atoms with Gasteiger partial charge >= 0.3 is 0 Å². The highest BCUT2D eigenvalue weighted by atomic mass is 16.2. The Balaban J connectivity index is 1.48. The summed E-state index contributed by atoms with van der Waals surface area (Å²) in [6.45, 7) is 5.23. The van der Waals surface area contributed by atoms with Crippen molar-refractivity contribution in [1.82, 2.24) is 15.0 Å². The highest BCUT2D eigenvalue weighted by molar-refractivity contribution is 5.97. The Labute approximate surface area is 175 Å². The molecule has 0 saturated carbocycles. The zero-order chi connectivity index (χ0) is 21.1. The van der Waals surface area contributed by atoms with Crippen molar-refractivity contribution in [3.8, 4) is 0 Å². The van der Waals surface area contributed by atoms with E-state index in [4.69, 9.17) is 0 Å². The molecule has 4 rings (SSSR count). The summed E-state index contributed by atoms with van der Waals surface area (Å²) in [5.41, 5.74) is 4.77. The van der Waals surface area contributed by atoms with Crippen molar-refractivity contribution in [3.63, 3.8) is 0 Å². The first kappa shape index (κ1) is 19.8. The molecule has 0 radical (unpaired) electrons. The molecule has 1 unspecified atom stereocenters. The van der Waals surface area contributed by atoms with Crippen LogP contribution in [0.4, 0.5) is 11.6 Å². The molecule has 3 heterocycles. The first-order chi connectivity index (χ1) is 14.5. The zero-order valence-electron chi connectivity index (χ0n) is 17.2. The van der Waals surface area contributed by atoms with E-state index in [0.29, 0.717) is 31.2 Å². The van der Waals surface area contributed by atoms with Gasteiger partial charge in [0.25, 0.3) is 5.56 Å². The molecule has 2 aromatic heterocycles. The maximum absolute atomic E-state index is 12.7. The van der Waals surface area contributed by atoms with Crippen molar-refractivity contribution in [2.45, 2.75) is 32.6 Å². The van der Waals surface area contributed by atoms with Gasteiger partial charge in [0.2, 0.25) is 11.9 Å². The topological polar surface area (TPSA) is 91.0 Å². The van der Waals surface area contributed by atoms with Crippen LogP contribution in [0.2, 0.25) is 0 Å². The van der Waals surface area contributed by atoms with Gasteiger partial charge in [0.05, 0.1) is 5.69 Å². The molecule has 1 aliphatic rings. The largest absolute Gasteiger partial charge is 0.355 e. The Bertz CT molecular complexity index is 1110. The molecule has 2 N–H and O–H groups in total. The molecule has 154 valence electrons. The number of H-pyrrole nitrogens is 1. The van der Waals surface area contributed by atoms with Gasteiger partial charge < -0.3 is 10.2 Å². The van der Waals surface area contributed by atoms with E-state index in [0.717, 1.165) is 28.8 Å². The standard InChI is InChI=1S/C23H25N5O2/c1-15-4-3-5-20(16(15)2)28-14-18(12-22(28)30)19-13-21(29)27-23(26-19)25-11-8-17-6-9-24-10-7-17/h3-7,9-10,13,18H,8,11-12,14H2,1-2H3,(H2,25,26,27,29). The van der Waals surface area contributed by atoms with Crippen LogP contribution in [0.3, 0.4) is 0 Å². The van der Waals surface area contributed by atoms with Gasteiger partial charge in [-0.25, -0.2) is 4.98 Å². The number of carbonyl (C=O) groups excluding carboxylic acids is 1. The average molecular weight is 403 g/mol. The van der Waals surface area contributed by atoms with Crippen LogP contribution in [-0.4, -0.2) is 33.9 Å². The number of benzene rings is 1. The SMILES string of the molecule is Cc1cccc(N2CC(c3cc(=O)[nH]c(NCCc4ccncc4)n3)CC2=O)c1C. The van der Waals surface area contributed by atoms with Crippen LogP contribution < -0.4 is 15.8 Å². The quantitative estimate of drug-likeness (QED) is 0.660. The van der Waals surface area contributed by atoms with Crippen LogP contribution in [0.5, 0.6) is 0 Å². The molecule has 0 aliphatic carbocycles. The Hall–Kier alpha value is -3.48. The number of rotatable bonds is 6. The van der Waals surface area contributed by atoms with E-state index in [1.165, 1.54) is 6.07 Å². The maximum Gasteiger partial charge on any atom is 0.252 e. The molecule has 1 fully saturated rings. The fourth-order valence-electron chi connectivity index (χ4n) is 3.81. The molecule has 0 spiro atoms. The second-order valence-corrected chi connectivity index (χ2v) is 7.68. The fourth-order valence-corrected chi connectivity index (χ4v) is 3.81. The number of aryl methyl sites for hydroxylation is 1. The third-order valence-corrected chi connectivity index (χ3v) is 5.63. The molecule has 1 amide bonds. The summed E-state index contributed by atoms with van der Waals surface area (Å²) in [4.78, 5) is 38.1. The van der Waals surface area contributed by atoms with Crippen LogP contribution >= 0.6 is 0 Å². The number of aromatic nitrogens is 3. The molecule has 1 atom stereocenters. The minimum absolute atomic E-state index is 0.0583. The van der Waals surface area contributed by atoms with Gasteiger partial charge in [-0.05, 0) is 55.2 Å². The van der Waals surface area contributed by atoms with Gasteiger partial charge in [0.15, 0.2) is 0 Å². The third-order valence-electron chi connectivity index (χ3n) is 5.63. The van der Waals surface area contributed by atoms with Crippen molar-refractivity contribution in [3.05, 3.63) is 81.5 Å². The number of pyridine rings is 1. The van der Waals surface area contributed by atoms with E-state index >= 15 is 0 Å². The van der Waals surface area contributed by atoms with E-state index in [1.54, 1.807) is 12.4 Å². The van der Waals surface area contributed by atoms with Crippen molar-refractivity contribution in [2.24, 2.45) is 0 Å². The summed E-state index contributed by atoms with van der Waals surface area (Å²) in [6.07, 6.45) is 4.66. The van der Waals surface area contributed by atoms with Gasteiger partial charge in [0, 0.05) is 49.6 Å². The number of aromatic amines is 1. The Morgan fingerprint density at radius 2 is 1.97 bits per heavy atom. The number of nitrogens with zero attached hydrogens (tertiary/aromatic N) is 3. The highest BCUT2D eigenvalue weighted by Crippen LogP contribution is 2.33. The molecule has 1 aliphatic heterocycles. The van der Waals surface area contributed by atoms with Gasteiger partial charge in [0.1, 0.15) is 0 Å². The third kappa shape index (κ3) is 4.25. The van der Waals surface area contributed by atoms with Crippen LogP contribution in [0.25, 0.3) is 0 Å². The Morgan fingerprint density at radius 3 is 2.77 bits per heavy atom. The van der Waals surface area contributed by atoms with E-state index in [9.17, 15) is 9.59 Å². The number of amides is 1. The lowest BCUT2D eigenvalue weighted by molar-refractivity contribution is -0.117. The number of carbonyl (C=O) groups is 1. The lowest BCUT2D eigenvalue weighted by Gasteiger charge is -2.20. The van der Waals surface area contributed by atoms with Crippen LogP contribution in [0, 0.1) is 13.8 Å². The van der Waals surface area contributed by atoms with Crippen molar-refractivity contribution in [2.75, 3.05) is 23.3 Å². The van der Waals surface area contributed by atoms with Gasteiger partial charge in [-0.3, -0.25) is 19.6 Å². The van der Waals surface area contributed by atoms with Gasteiger partial charge in [-0.1, -0.05) is 12.1 Å². The van der Waals surface area contributed by atoms with Gasteiger partial charge in [-0.15, -0.1) is 0 Å². The number of anilines is 2. The molecular weight excluding hydrogens is 378 g/mol. The summed E-state index contributed by atoms with van der Waals surface area (Å²) in [5.74, 6) is 0.382. The summed E-state index contributed by atoms with van der Waals surface area (Å²) in [6, 6.07) is 11.4. The summed E-state index contributed by atoms with van der Waals surface area (Å²) < 4.78 is 0. The number of nitrogens with one attached hydrogen (secondary N) is 2. The van der Waals surface area contributed by atoms with Crippen LogP contribution in [-0.2, 0) is 11.2 Å². The molecule has 1 saturated heterocycles. The monoisotopic (exact) mass is 403 g/mol. The van der Waals surface area contributed by atoms with E-state index in [2.05, 4.69) is 20.3 Å². The normalized spacial score (nSPS) is 16.1. The van der Waals surface area contributed by atoms with E-state index in [-0.39, 0.29) is 17.4 Å². The molecule has 1 aromatic carbocycles. The van der Waals surface area contributed by atoms with Crippen LogP contribution in [0.1, 0.15) is 34.7 Å². The maximum atomic E-state index is 12.7. The number of hydrogen-bond donors (Lipinski definition) is 2. The van der Waals surface area contributed by atoms with Crippen LogP contribution in [0.15, 0.2) is 53.6 Å². The van der Waals surface area contributed by atoms with Crippen molar-refractivity contribution >= 4 is 17.5 Å². The molecule has 3 aromatic rings. The summed E-state index contributed by atoms with van der Waals surface area (Å²) in [5, 5.41) is 3.18. The van der Waals surface area contributed by atoms with Crippen molar-refractivity contribution in [1.29, 1.82) is 0 Å². The molecule has 0 bridgehead atoms. The first-order valence-corrected chi connectivity index (χ1v) is 10.1. The van der Waals surface area contributed by atoms with Crippen molar-refractivity contribution < 1.29 is 4.79 Å².